The molecule has 94 valence electrons. The minimum atomic E-state index is 0.327. The van der Waals surface area contributed by atoms with E-state index in [0.29, 0.717) is 17.0 Å². The predicted octanol–water partition coefficient (Wildman–Crippen LogP) is 1.68. The second kappa shape index (κ2) is 4.49. The number of methoxy groups -OCH3 is 1. The van der Waals surface area contributed by atoms with Crippen molar-refractivity contribution >= 4 is 17.0 Å². The molecule has 3 aromatic rings. The molecule has 0 radical (unpaired) electrons. The summed E-state index contributed by atoms with van der Waals surface area (Å²) in [5.41, 5.74) is 8.42. The minimum Gasteiger partial charge on any atom is -0.497 e. The third-order valence-electron chi connectivity index (χ3n) is 2.76. The van der Waals surface area contributed by atoms with Crippen LogP contribution in [0.25, 0.3) is 22.4 Å². The summed E-state index contributed by atoms with van der Waals surface area (Å²) in [7, 11) is 1.63. The van der Waals surface area contributed by atoms with Crippen molar-refractivity contribution in [1.29, 1.82) is 0 Å². The van der Waals surface area contributed by atoms with Crippen molar-refractivity contribution in [1.82, 2.24) is 19.9 Å². The summed E-state index contributed by atoms with van der Waals surface area (Å²) in [5, 5.41) is 0. The molecule has 2 heterocycles. The number of anilines is 1. The highest BCUT2D eigenvalue weighted by molar-refractivity contribution is 5.82. The lowest BCUT2D eigenvalue weighted by molar-refractivity contribution is 0.415. The first-order chi connectivity index (χ1) is 9.28. The molecule has 6 heteroatoms. The molecule has 0 atom stereocenters. The second-order valence-electron chi connectivity index (χ2n) is 3.91. The number of benzene rings is 1. The fourth-order valence-corrected chi connectivity index (χ4v) is 1.76. The number of nitrogens with zero attached hydrogens (tertiary/aromatic N) is 4. The summed E-state index contributed by atoms with van der Waals surface area (Å²) in [6.45, 7) is 0. The monoisotopic (exact) mass is 253 g/mol. The van der Waals surface area contributed by atoms with Gasteiger partial charge in [-0.25, -0.2) is 19.9 Å². The number of aromatic nitrogens is 4. The Balaban J connectivity index is 2.11. The van der Waals surface area contributed by atoms with Crippen molar-refractivity contribution in [3.63, 3.8) is 0 Å². The number of ether oxygens (including phenoxy) is 1. The number of hydrogen-bond donors (Lipinski definition) is 1. The van der Waals surface area contributed by atoms with E-state index in [1.165, 1.54) is 6.33 Å². The van der Waals surface area contributed by atoms with Gasteiger partial charge in [-0.3, -0.25) is 0 Å². The summed E-state index contributed by atoms with van der Waals surface area (Å²) in [6, 6.07) is 7.56. The van der Waals surface area contributed by atoms with Crippen LogP contribution in [0.4, 0.5) is 5.82 Å². The van der Waals surface area contributed by atoms with E-state index >= 15 is 0 Å². The molecule has 0 bridgehead atoms. The van der Waals surface area contributed by atoms with Gasteiger partial charge in [0.15, 0.2) is 17.0 Å². The van der Waals surface area contributed by atoms with Crippen LogP contribution in [0.1, 0.15) is 0 Å². The lowest BCUT2D eigenvalue weighted by Crippen LogP contribution is -1.98. The van der Waals surface area contributed by atoms with Crippen LogP contribution in [0.3, 0.4) is 0 Å². The summed E-state index contributed by atoms with van der Waals surface area (Å²) < 4.78 is 5.12. The van der Waals surface area contributed by atoms with Gasteiger partial charge in [0.05, 0.1) is 19.0 Å². The van der Waals surface area contributed by atoms with E-state index in [1.807, 2.05) is 24.3 Å². The Kier molecular flexibility index (Phi) is 2.68. The highest BCUT2D eigenvalue weighted by atomic mass is 16.5. The molecule has 19 heavy (non-hydrogen) atoms. The van der Waals surface area contributed by atoms with Gasteiger partial charge in [-0.1, -0.05) is 0 Å². The van der Waals surface area contributed by atoms with Crippen LogP contribution < -0.4 is 10.5 Å². The molecule has 2 N–H and O–H groups in total. The molecule has 2 aromatic heterocycles. The number of nitrogens with two attached hydrogens (primary N) is 1. The smallest absolute Gasteiger partial charge is 0.183 e. The number of fused-ring (bicyclic) bond motifs is 1. The molecule has 0 amide bonds. The largest absolute Gasteiger partial charge is 0.497 e. The standard InChI is InChI=1S/C13H11N5O/c1-19-9-4-2-8(3-5-9)10-6-15-13-11(18-10)12(14)16-7-17-13/h2-7H,1H3,(H2,14,15,16,17). The average molecular weight is 253 g/mol. The van der Waals surface area contributed by atoms with E-state index in [1.54, 1.807) is 13.3 Å². The zero-order chi connectivity index (χ0) is 13.2. The average Bonchev–Trinajstić information content (AvgIpc) is 2.47. The first kappa shape index (κ1) is 11.3. The van der Waals surface area contributed by atoms with E-state index in [9.17, 15) is 0 Å². The highest BCUT2D eigenvalue weighted by Gasteiger charge is 2.06. The van der Waals surface area contributed by atoms with Crippen LogP contribution in [-0.4, -0.2) is 27.0 Å². The summed E-state index contributed by atoms with van der Waals surface area (Å²) in [5.74, 6) is 1.12. The van der Waals surface area contributed by atoms with E-state index in [2.05, 4.69) is 19.9 Å². The fraction of sp³-hybridized carbons (Fsp3) is 0.0769. The van der Waals surface area contributed by atoms with Crippen molar-refractivity contribution < 1.29 is 4.74 Å². The molecule has 0 saturated carbocycles. The van der Waals surface area contributed by atoms with Crippen LogP contribution in [0.2, 0.25) is 0 Å². The van der Waals surface area contributed by atoms with Gasteiger partial charge in [-0.15, -0.1) is 0 Å². The minimum absolute atomic E-state index is 0.327. The molecule has 0 aliphatic rings. The number of nitrogen functional groups attached to an aromatic ring is 1. The zero-order valence-electron chi connectivity index (χ0n) is 10.2. The van der Waals surface area contributed by atoms with E-state index in [0.717, 1.165) is 17.0 Å². The Morgan fingerprint density at radius 3 is 2.58 bits per heavy atom. The molecule has 0 fully saturated rings. The van der Waals surface area contributed by atoms with E-state index in [-0.39, 0.29) is 0 Å². The molecular weight excluding hydrogens is 242 g/mol. The zero-order valence-corrected chi connectivity index (χ0v) is 10.2. The van der Waals surface area contributed by atoms with Gasteiger partial charge in [0, 0.05) is 5.56 Å². The topological polar surface area (TPSA) is 86.8 Å². The Bertz CT molecular complexity index is 727. The maximum Gasteiger partial charge on any atom is 0.183 e. The quantitative estimate of drug-likeness (QED) is 0.747. The summed E-state index contributed by atoms with van der Waals surface area (Å²) in [6.07, 6.45) is 3.04. The van der Waals surface area contributed by atoms with Crippen molar-refractivity contribution in [2.45, 2.75) is 0 Å². The van der Waals surface area contributed by atoms with Crippen LogP contribution >= 0.6 is 0 Å². The molecule has 0 saturated heterocycles. The molecule has 0 aliphatic heterocycles. The SMILES string of the molecule is COc1ccc(-c2cnc3ncnc(N)c3n2)cc1. The molecular formula is C13H11N5O. The maximum atomic E-state index is 5.78. The molecule has 6 nitrogen and oxygen atoms in total. The van der Waals surface area contributed by atoms with Crippen molar-refractivity contribution in [2.75, 3.05) is 12.8 Å². The Morgan fingerprint density at radius 1 is 1.05 bits per heavy atom. The lowest BCUT2D eigenvalue weighted by Gasteiger charge is -2.04. The van der Waals surface area contributed by atoms with Gasteiger partial charge >= 0.3 is 0 Å². The van der Waals surface area contributed by atoms with Crippen LogP contribution in [0.5, 0.6) is 5.75 Å². The second-order valence-corrected chi connectivity index (χ2v) is 3.91. The van der Waals surface area contributed by atoms with Crippen molar-refractivity contribution in [2.24, 2.45) is 0 Å². The third-order valence-corrected chi connectivity index (χ3v) is 2.76. The summed E-state index contributed by atoms with van der Waals surface area (Å²) >= 11 is 0. The van der Waals surface area contributed by atoms with Gasteiger partial charge in [0.2, 0.25) is 0 Å². The molecule has 0 spiro atoms. The number of rotatable bonds is 2. The first-order valence-electron chi connectivity index (χ1n) is 5.65. The third kappa shape index (κ3) is 2.03. The Labute approximate surface area is 109 Å². The lowest BCUT2D eigenvalue weighted by atomic mass is 10.1. The molecule has 3 rings (SSSR count). The Morgan fingerprint density at radius 2 is 1.84 bits per heavy atom. The van der Waals surface area contributed by atoms with Crippen LogP contribution in [-0.2, 0) is 0 Å². The van der Waals surface area contributed by atoms with Gasteiger partial charge in [-0.05, 0) is 24.3 Å². The molecule has 0 aliphatic carbocycles. The van der Waals surface area contributed by atoms with Gasteiger partial charge in [0.1, 0.15) is 12.1 Å². The summed E-state index contributed by atoms with van der Waals surface area (Å²) in [4.78, 5) is 16.6. The van der Waals surface area contributed by atoms with Crippen molar-refractivity contribution in [3.05, 3.63) is 36.8 Å². The molecule has 0 unspecified atom stereocenters. The first-order valence-corrected chi connectivity index (χ1v) is 5.65. The highest BCUT2D eigenvalue weighted by Crippen LogP contribution is 2.22. The fourth-order valence-electron chi connectivity index (χ4n) is 1.76. The Hall–Kier alpha value is -2.76. The van der Waals surface area contributed by atoms with Crippen LogP contribution in [0, 0.1) is 0 Å². The maximum absolute atomic E-state index is 5.78. The normalized spacial score (nSPS) is 10.6. The van der Waals surface area contributed by atoms with Gasteiger partial charge in [-0.2, -0.15) is 0 Å². The van der Waals surface area contributed by atoms with E-state index < -0.39 is 0 Å². The van der Waals surface area contributed by atoms with Gasteiger partial charge < -0.3 is 10.5 Å². The van der Waals surface area contributed by atoms with E-state index in [4.69, 9.17) is 10.5 Å². The van der Waals surface area contributed by atoms with Crippen molar-refractivity contribution in [3.8, 4) is 17.0 Å². The van der Waals surface area contributed by atoms with Gasteiger partial charge in [0.25, 0.3) is 0 Å². The predicted molar refractivity (Wildman–Crippen MR) is 71.5 cm³/mol. The number of hydrogen-bond acceptors (Lipinski definition) is 6. The van der Waals surface area contributed by atoms with Crippen LogP contribution in [0.15, 0.2) is 36.8 Å². The molecule has 1 aromatic carbocycles.